The van der Waals surface area contributed by atoms with Crippen molar-refractivity contribution in [3.05, 3.63) is 121 Å². The van der Waals surface area contributed by atoms with Gasteiger partial charge in [0.2, 0.25) is 0 Å². The topological polar surface area (TPSA) is 14.3 Å². The molecule has 10 aromatic rings. The van der Waals surface area contributed by atoms with Gasteiger partial charge in [-0.1, -0.05) is 78.9 Å². The van der Waals surface area contributed by atoms with E-state index in [1.165, 1.54) is 87.4 Å². The molecule has 4 aromatic heterocycles. The Morgan fingerprint density at radius 3 is 1.80 bits per heavy atom. The van der Waals surface area contributed by atoms with Crippen LogP contribution in [0.15, 0.2) is 121 Å². The van der Waals surface area contributed by atoms with Gasteiger partial charge in [-0.05, 0) is 42.5 Å². The van der Waals surface area contributed by atoms with Gasteiger partial charge in [-0.25, -0.2) is 0 Å². The number of hydrogen-bond donors (Lipinski definition) is 0. The van der Waals surface area contributed by atoms with Gasteiger partial charge in [-0.15, -0.1) is 0 Å². The standard InChI is InChI=1S/C37H23N3/c1-38-27-15-5-3-11-24(27)34-30(38)18-9-19-31(34)39-29-17-7-4-12-25(29)35-32(39)20-21-33-36(35)26-14-8-13-23-22-10-2-6-16-28(22)40(33)37(23)26/h2-21H,1H3. The summed E-state index contributed by atoms with van der Waals surface area (Å²) >= 11 is 0. The largest absolute Gasteiger partial charge is 0.344 e. The Morgan fingerprint density at radius 2 is 0.950 bits per heavy atom. The number of aromatic nitrogens is 3. The molecule has 0 spiro atoms. The van der Waals surface area contributed by atoms with E-state index >= 15 is 0 Å². The number of rotatable bonds is 1. The molecule has 0 radical (unpaired) electrons. The van der Waals surface area contributed by atoms with Gasteiger partial charge in [-0.2, -0.15) is 0 Å². The minimum Gasteiger partial charge on any atom is -0.344 e. The third kappa shape index (κ3) is 2.26. The smallest absolute Gasteiger partial charge is 0.0620 e. The summed E-state index contributed by atoms with van der Waals surface area (Å²) in [5, 5.41) is 10.5. The summed E-state index contributed by atoms with van der Waals surface area (Å²) in [5.74, 6) is 0. The summed E-state index contributed by atoms with van der Waals surface area (Å²) in [6.45, 7) is 0. The van der Waals surface area contributed by atoms with Crippen molar-refractivity contribution >= 4 is 81.7 Å². The SMILES string of the molecule is Cn1c2ccccc2c2c(-n3c4ccccc4c4c5c6cccc7c8ccccc8n(c5ccc43)c76)cccc21. The van der Waals surface area contributed by atoms with Crippen LogP contribution in [-0.4, -0.2) is 13.5 Å². The van der Waals surface area contributed by atoms with Gasteiger partial charge in [0.15, 0.2) is 0 Å². The molecule has 0 aliphatic rings. The summed E-state index contributed by atoms with van der Waals surface area (Å²) in [5.41, 5.74) is 10.1. The highest BCUT2D eigenvalue weighted by Crippen LogP contribution is 2.45. The number of hydrogen-bond acceptors (Lipinski definition) is 0. The number of benzene rings is 6. The highest BCUT2D eigenvalue weighted by molar-refractivity contribution is 6.33. The molecule has 186 valence electrons. The summed E-state index contributed by atoms with van der Waals surface area (Å²) in [4.78, 5) is 0. The van der Waals surface area contributed by atoms with Crippen LogP contribution in [0.5, 0.6) is 0 Å². The van der Waals surface area contributed by atoms with Crippen LogP contribution in [0.4, 0.5) is 0 Å². The molecule has 0 amide bonds. The number of aryl methyl sites for hydroxylation is 1. The first kappa shape index (κ1) is 20.7. The van der Waals surface area contributed by atoms with Gasteiger partial charge < -0.3 is 13.5 Å². The van der Waals surface area contributed by atoms with E-state index in [1.54, 1.807) is 0 Å². The van der Waals surface area contributed by atoms with Crippen molar-refractivity contribution in [3.63, 3.8) is 0 Å². The van der Waals surface area contributed by atoms with Crippen LogP contribution in [0.3, 0.4) is 0 Å². The fraction of sp³-hybridized carbons (Fsp3) is 0.0270. The maximum absolute atomic E-state index is 2.49. The Labute approximate surface area is 229 Å². The molecule has 0 saturated heterocycles. The van der Waals surface area contributed by atoms with Crippen molar-refractivity contribution in [3.8, 4) is 5.69 Å². The first-order valence-corrected chi connectivity index (χ1v) is 13.9. The van der Waals surface area contributed by atoms with Gasteiger partial charge >= 0.3 is 0 Å². The molecule has 0 N–H and O–H groups in total. The molecule has 6 aromatic carbocycles. The van der Waals surface area contributed by atoms with Crippen LogP contribution in [0.2, 0.25) is 0 Å². The Morgan fingerprint density at radius 1 is 0.375 bits per heavy atom. The van der Waals surface area contributed by atoms with Crippen molar-refractivity contribution in [2.75, 3.05) is 0 Å². The summed E-state index contributed by atoms with van der Waals surface area (Å²) in [7, 11) is 2.17. The normalized spacial score (nSPS) is 12.6. The predicted molar refractivity (Wildman–Crippen MR) is 169 cm³/mol. The lowest BCUT2D eigenvalue weighted by Crippen LogP contribution is -1.95. The average Bonchev–Trinajstić information content (AvgIpc) is 3.72. The second-order valence-corrected chi connectivity index (χ2v) is 11.0. The van der Waals surface area contributed by atoms with E-state index in [0.29, 0.717) is 0 Å². The third-order valence-electron chi connectivity index (χ3n) is 9.18. The third-order valence-corrected chi connectivity index (χ3v) is 9.18. The fourth-order valence-corrected chi connectivity index (χ4v) is 7.62. The van der Waals surface area contributed by atoms with E-state index in [2.05, 4.69) is 142 Å². The first-order valence-electron chi connectivity index (χ1n) is 13.9. The van der Waals surface area contributed by atoms with E-state index in [-0.39, 0.29) is 0 Å². The highest BCUT2D eigenvalue weighted by Gasteiger charge is 2.23. The lowest BCUT2D eigenvalue weighted by molar-refractivity contribution is 1.01. The van der Waals surface area contributed by atoms with Gasteiger partial charge in [0.25, 0.3) is 0 Å². The second kappa shape index (κ2) is 7.02. The summed E-state index contributed by atoms with van der Waals surface area (Å²) in [6.07, 6.45) is 0. The molecule has 0 aliphatic heterocycles. The molecule has 0 fully saturated rings. The monoisotopic (exact) mass is 509 g/mol. The molecule has 40 heavy (non-hydrogen) atoms. The second-order valence-electron chi connectivity index (χ2n) is 11.0. The summed E-state index contributed by atoms with van der Waals surface area (Å²) in [6, 6.07) is 44.7. The van der Waals surface area contributed by atoms with E-state index in [4.69, 9.17) is 0 Å². The quantitative estimate of drug-likeness (QED) is 0.209. The highest BCUT2D eigenvalue weighted by atomic mass is 15.0. The van der Waals surface area contributed by atoms with E-state index in [1.807, 2.05) is 0 Å². The molecule has 0 saturated carbocycles. The van der Waals surface area contributed by atoms with Gasteiger partial charge in [0.1, 0.15) is 0 Å². The predicted octanol–water partition coefficient (Wildman–Crippen LogP) is 9.58. The zero-order valence-electron chi connectivity index (χ0n) is 21.9. The van der Waals surface area contributed by atoms with Crippen LogP contribution < -0.4 is 0 Å². The number of nitrogens with zero attached hydrogens (tertiary/aromatic N) is 3. The van der Waals surface area contributed by atoms with Crippen molar-refractivity contribution in [1.82, 2.24) is 13.5 Å². The maximum Gasteiger partial charge on any atom is 0.0620 e. The van der Waals surface area contributed by atoms with E-state index in [9.17, 15) is 0 Å². The lowest BCUT2D eigenvalue weighted by atomic mass is 10.0. The van der Waals surface area contributed by atoms with Gasteiger partial charge in [-0.3, -0.25) is 0 Å². The molecule has 3 heteroatoms. The van der Waals surface area contributed by atoms with E-state index in [0.717, 1.165) is 0 Å². The molecule has 0 atom stereocenters. The average molecular weight is 510 g/mol. The Balaban J connectivity index is 1.46. The van der Waals surface area contributed by atoms with E-state index < -0.39 is 0 Å². The minimum atomic E-state index is 1.22. The van der Waals surface area contributed by atoms with Gasteiger partial charge in [0.05, 0.1) is 38.8 Å². The Kier molecular flexibility index (Phi) is 3.62. The number of fused-ring (bicyclic) bond motifs is 13. The van der Waals surface area contributed by atoms with Crippen LogP contribution in [0.1, 0.15) is 0 Å². The van der Waals surface area contributed by atoms with Crippen molar-refractivity contribution in [2.24, 2.45) is 7.05 Å². The van der Waals surface area contributed by atoms with Crippen LogP contribution >= 0.6 is 0 Å². The van der Waals surface area contributed by atoms with Crippen LogP contribution in [0, 0.1) is 0 Å². The molecule has 0 aliphatic carbocycles. The number of para-hydroxylation sites is 4. The molecular weight excluding hydrogens is 486 g/mol. The zero-order chi connectivity index (χ0) is 26.1. The van der Waals surface area contributed by atoms with Gasteiger partial charge in [0, 0.05) is 55.7 Å². The summed E-state index contributed by atoms with van der Waals surface area (Å²) < 4.78 is 7.29. The Hall–Kier alpha value is -5.28. The fourth-order valence-electron chi connectivity index (χ4n) is 7.62. The molecule has 4 heterocycles. The van der Waals surface area contributed by atoms with Crippen LogP contribution in [0.25, 0.3) is 87.4 Å². The van der Waals surface area contributed by atoms with Crippen molar-refractivity contribution in [1.29, 1.82) is 0 Å². The van der Waals surface area contributed by atoms with Crippen molar-refractivity contribution in [2.45, 2.75) is 0 Å². The molecule has 0 bridgehead atoms. The molecule has 3 nitrogen and oxygen atoms in total. The lowest BCUT2D eigenvalue weighted by Gasteiger charge is -2.10. The van der Waals surface area contributed by atoms with Crippen molar-refractivity contribution < 1.29 is 0 Å². The van der Waals surface area contributed by atoms with Crippen LogP contribution in [-0.2, 0) is 7.05 Å². The Bertz CT molecular complexity index is 2660. The minimum absolute atomic E-state index is 1.22. The molecule has 10 rings (SSSR count). The maximum atomic E-state index is 2.49. The first-order chi connectivity index (χ1) is 19.8. The zero-order valence-corrected chi connectivity index (χ0v) is 21.9. The molecule has 0 unspecified atom stereocenters. The molecular formula is C37H23N3.